The highest BCUT2D eigenvalue weighted by Gasteiger charge is 2.19. The van der Waals surface area contributed by atoms with Crippen LogP contribution in [-0.2, 0) is 13.0 Å². The number of aromatic nitrogens is 2. The van der Waals surface area contributed by atoms with Crippen molar-refractivity contribution in [3.8, 4) is 0 Å². The van der Waals surface area contributed by atoms with E-state index in [1.54, 1.807) is 0 Å². The van der Waals surface area contributed by atoms with Gasteiger partial charge in [0.25, 0.3) is 0 Å². The molecule has 0 aliphatic rings. The van der Waals surface area contributed by atoms with E-state index in [0.717, 1.165) is 41.3 Å². The van der Waals surface area contributed by atoms with Crippen molar-refractivity contribution in [3.05, 3.63) is 29.0 Å². The number of halogens is 1. The van der Waals surface area contributed by atoms with Gasteiger partial charge in [0.1, 0.15) is 5.82 Å². The van der Waals surface area contributed by atoms with Crippen LogP contribution in [0.25, 0.3) is 11.0 Å². The summed E-state index contributed by atoms with van der Waals surface area (Å²) in [6.07, 6.45) is 1.77. The molecular formula is C16H24ClN3. The Bertz CT molecular complexity index is 596. The number of fused-ring (bicyclic) bond motifs is 1. The van der Waals surface area contributed by atoms with E-state index in [1.165, 1.54) is 0 Å². The molecule has 0 fully saturated rings. The molecule has 2 N–H and O–H groups in total. The summed E-state index contributed by atoms with van der Waals surface area (Å²) in [6.45, 7) is 9.62. The van der Waals surface area contributed by atoms with Gasteiger partial charge in [-0.1, -0.05) is 38.4 Å². The van der Waals surface area contributed by atoms with Crippen LogP contribution in [0, 0.1) is 5.41 Å². The van der Waals surface area contributed by atoms with Crippen molar-refractivity contribution in [2.45, 2.75) is 53.1 Å². The molecule has 1 aromatic heterocycles. The summed E-state index contributed by atoms with van der Waals surface area (Å²) in [6, 6.07) is 5.98. The summed E-state index contributed by atoms with van der Waals surface area (Å²) in [5, 5.41) is 0.757. The number of benzene rings is 1. The molecule has 4 heteroatoms. The quantitative estimate of drug-likeness (QED) is 0.925. The molecule has 0 radical (unpaired) electrons. The standard InChI is InChI=1S/C16H24ClN3/c1-5-20-14(9-11(18)10-16(2,3)4)19-13-8-6-7-12(17)15(13)20/h6-8,11H,5,9-10,18H2,1-4H3. The van der Waals surface area contributed by atoms with Crippen molar-refractivity contribution in [2.75, 3.05) is 0 Å². The molecule has 0 saturated heterocycles. The molecule has 1 atom stereocenters. The minimum absolute atomic E-state index is 0.121. The smallest absolute Gasteiger partial charge is 0.111 e. The zero-order valence-electron chi connectivity index (χ0n) is 12.8. The molecule has 1 unspecified atom stereocenters. The van der Waals surface area contributed by atoms with Gasteiger partial charge in [-0.25, -0.2) is 4.98 Å². The number of rotatable bonds is 4. The van der Waals surface area contributed by atoms with E-state index in [9.17, 15) is 0 Å². The van der Waals surface area contributed by atoms with Crippen molar-refractivity contribution in [3.63, 3.8) is 0 Å². The molecular weight excluding hydrogens is 270 g/mol. The van der Waals surface area contributed by atoms with Crippen molar-refractivity contribution in [1.29, 1.82) is 0 Å². The minimum atomic E-state index is 0.121. The van der Waals surface area contributed by atoms with Gasteiger partial charge in [0.15, 0.2) is 0 Å². The molecule has 0 aliphatic heterocycles. The first-order valence-electron chi connectivity index (χ1n) is 7.21. The van der Waals surface area contributed by atoms with Crippen LogP contribution in [-0.4, -0.2) is 15.6 Å². The lowest BCUT2D eigenvalue weighted by atomic mass is 9.87. The van der Waals surface area contributed by atoms with Gasteiger partial charge in [-0.3, -0.25) is 0 Å². The van der Waals surface area contributed by atoms with Crippen LogP contribution >= 0.6 is 11.6 Å². The molecule has 0 amide bonds. The summed E-state index contributed by atoms with van der Waals surface area (Å²) in [7, 11) is 0. The number of para-hydroxylation sites is 1. The maximum absolute atomic E-state index is 6.31. The van der Waals surface area contributed by atoms with Gasteiger partial charge in [-0.05, 0) is 30.9 Å². The van der Waals surface area contributed by atoms with Gasteiger partial charge < -0.3 is 10.3 Å². The van der Waals surface area contributed by atoms with Crippen molar-refractivity contribution < 1.29 is 0 Å². The summed E-state index contributed by atoms with van der Waals surface area (Å²) >= 11 is 6.31. The second-order valence-electron chi connectivity index (χ2n) is 6.61. The molecule has 110 valence electrons. The Morgan fingerprint density at radius 3 is 2.65 bits per heavy atom. The second kappa shape index (κ2) is 5.74. The third-order valence-corrected chi connectivity index (χ3v) is 3.74. The van der Waals surface area contributed by atoms with Gasteiger partial charge in [0.05, 0.1) is 16.1 Å². The fourth-order valence-electron chi connectivity index (χ4n) is 2.78. The number of hydrogen-bond acceptors (Lipinski definition) is 2. The molecule has 0 spiro atoms. The zero-order valence-corrected chi connectivity index (χ0v) is 13.5. The van der Waals surface area contributed by atoms with E-state index in [0.29, 0.717) is 0 Å². The zero-order chi connectivity index (χ0) is 14.9. The van der Waals surface area contributed by atoms with Crippen LogP contribution in [0.2, 0.25) is 5.02 Å². The van der Waals surface area contributed by atoms with E-state index in [-0.39, 0.29) is 11.5 Å². The monoisotopic (exact) mass is 293 g/mol. The van der Waals surface area contributed by atoms with Crippen LogP contribution in [0.15, 0.2) is 18.2 Å². The molecule has 1 heterocycles. The summed E-state index contributed by atoms with van der Waals surface area (Å²) < 4.78 is 2.18. The lowest BCUT2D eigenvalue weighted by Crippen LogP contribution is -2.29. The Morgan fingerprint density at radius 2 is 2.05 bits per heavy atom. The lowest BCUT2D eigenvalue weighted by Gasteiger charge is -2.23. The maximum Gasteiger partial charge on any atom is 0.111 e. The van der Waals surface area contributed by atoms with Gasteiger partial charge in [-0.15, -0.1) is 0 Å². The number of hydrogen-bond donors (Lipinski definition) is 1. The molecule has 3 nitrogen and oxygen atoms in total. The van der Waals surface area contributed by atoms with E-state index in [4.69, 9.17) is 22.3 Å². The Hall–Kier alpha value is -1.06. The first kappa shape index (κ1) is 15.3. The van der Waals surface area contributed by atoms with Crippen LogP contribution in [0.3, 0.4) is 0 Å². The first-order chi connectivity index (χ1) is 9.31. The molecule has 2 rings (SSSR count). The number of nitrogens with zero attached hydrogens (tertiary/aromatic N) is 2. The third-order valence-electron chi connectivity index (χ3n) is 3.43. The molecule has 1 aromatic carbocycles. The average Bonchev–Trinajstić information content (AvgIpc) is 2.64. The van der Waals surface area contributed by atoms with E-state index in [1.807, 2.05) is 18.2 Å². The van der Waals surface area contributed by atoms with Gasteiger partial charge in [-0.2, -0.15) is 0 Å². The first-order valence-corrected chi connectivity index (χ1v) is 7.59. The van der Waals surface area contributed by atoms with E-state index < -0.39 is 0 Å². The highest BCUT2D eigenvalue weighted by atomic mass is 35.5. The molecule has 0 saturated carbocycles. The topological polar surface area (TPSA) is 43.8 Å². The van der Waals surface area contributed by atoms with Crippen LogP contribution < -0.4 is 5.73 Å². The van der Waals surface area contributed by atoms with Crippen LogP contribution in [0.5, 0.6) is 0 Å². The molecule has 0 bridgehead atoms. The summed E-state index contributed by atoms with van der Waals surface area (Å²) in [4.78, 5) is 4.71. The molecule has 20 heavy (non-hydrogen) atoms. The van der Waals surface area contributed by atoms with Gasteiger partial charge in [0.2, 0.25) is 0 Å². The largest absolute Gasteiger partial charge is 0.327 e. The fourth-order valence-corrected chi connectivity index (χ4v) is 3.05. The van der Waals surface area contributed by atoms with Gasteiger partial charge in [0, 0.05) is 19.0 Å². The Morgan fingerprint density at radius 1 is 1.35 bits per heavy atom. The van der Waals surface area contributed by atoms with E-state index >= 15 is 0 Å². The summed E-state index contributed by atoms with van der Waals surface area (Å²) in [5.74, 6) is 1.03. The number of aryl methyl sites for hydroxylation is 1. The predicted octanol–water partition coefficient (Wildman–Crippen LogP) is 4.02. The van der Waals surface area contributed by atoms with E-state index in [2.05, 4.69) is 32.3 Å². The Kier molecular flexibility index (Phi) is 4.40. The Labute approximate surface area is 126 Å². The lowest BCUT2D eigenvalue weighted by molar-refractivity contribution is 0.335. The van der Waals surface area contributed by atoms with Crippen molar-refractivity contribution in [1.82, 2.24) is 9.55 Å². The minimum Gasteiger partial charge on any atom is -0.327 e. The number of imidazole rings is 1. The highest BCUT2D eigenvalue weighted by molar-refractivity contribution is 6.35. The predicted molar refractivity (Wildman–Crippen MR) is 86.2 cm³/mol. The fraction of sp³-hybridized carbons (Fsp3) is 0.562. The highest BCUT2D eigenvalue weighted by Crippen LogP contribution is 2.26. The third kappa shape index (κ3) is 3.33. The molecule has 0 aliphatic carbocycles. The normalized spacial score (nSPS) is 13.9. The maximum atomic E-state index is 6.31. The molecule has 2 aromatic rings. The second-order valence-corrected chi connectivity index (χ2v) is 7.02. The SMILES string of the molecule is CCn1c(CC(N)CC(C)(C)C)nc2cccc(Cl)c21. The van der Waals surface area contributed by atoms with Crippen LogP contribution in [0.4, 0.5) is 0 Å². The van der Waals surface area contributed by atoms with Crippen LogP contribution in [0.1, 0.15) is 39.9 Å². The summed E-state index contributed by atoms with van der Waals surface area (Å²) in [5.41, 5.74) is 8.50. The Balaban J connectivity index is 2.33. The van der Waals surface area contributed by atoms with Crippen molar-refractivity contribution in [2.24, 2.45) is 11.1 Å². The van der Waals surface area contributed by atoms with Crippen molar-refractivity contribution >= 4 is 22.6 Å². The average molecular weight is 294 g/mol. The van der Waals surface area contributed by atoms with Gasteiger partial charge >= 0.3 is 0 Å². The number of nitrogens with two attached hydrogens (primary N) is 1.